The van der Waals surface area contributed by atoms with E-state index in [0.717, 1.165) is 6.42 Å². The van der Waals surface area contributed by atoms with Crippen LogP contribution < -0.4 is 16.4 Å². The Bertz CT molecular complexity index is 267. The average Bonchev–Trinajstić information content (AvgIpc) is 2.14. The molecule has 0 aromatic rings. The maximum Gasteiger partial charge on any atom is 0.239 e. The van der Waals surface area contributed by atoms with Gasteiger partial charge < -0.3 is 16.4 Å². The molecular formula is C12H27N3O3. The van der Waals surface area contributed by atoms with Crippen LogP contribution in [0.4, 0.5) is 0 Å². The molecule has 0 aliphatic rings. The summed E-state index contributed by atoms with van der Waals surface area (Å²) in [6.45, 7) is 3.36. The minimum Gasteiger partial charge on any atom is -0.368 e. The number of hydrogen-bond donors (Lipinski definition) is 3. The van der Waals surface area contributed by atoms with Crippen LogP contribution in [0.3, 0.4) is 0 Å². The van der Waals surface area contributed by atoms with Crippen molar-refractivity contribution in [3.05, 3.63) is 0 Å². The second kappa shape index (κ2) is 11.9. The van der Waals surface area contributed by atoms with Gasteiger partial charge >= 0.3 is 0 Å². The molecule has 0 bridgehead atoms. The molecule has 0 radical (unpaired) electrons. The zero-order valence-electron chi connectivity index (χ0n) is 9.71. The number of nitrogens with two attached hydrogens (primary N) is 1. The summed E-state index contributed by atoms with van der Waals surface area (Å²) in [5.74, 6) is -0.881. The lowest BCUT2D eigenvalue weighted by Gasteiger charge is -2.13. The molecule has 0 heterocycles. The van der Waals surface area contributed by atoms with E-state index < -0.39 is 11.9 Å². The quantitative estimate of drug-likeness (QED) is 0.583. The van der Waals surface area contributed by atoms with Crippen molar-refractivity contribution in [1.29, 1.82) is 0 Å². The van der Waals surface area contributed by atoms with E-state index in [4.69, 9.17) is 5.73 Å². The van der Waals surface area contributed by atoms with Crippen molar-refractivity contribution >= 4 is 17.7 Å². The minimum atomic E-state index is -0.616. The van der Waals surface area contributed by atoms with E-state index in [1.165, 1.54) is 13.8 Å². The van der Waals surface area contributed by atoms with Crippen molar-refractivity contribution < 1.29 is 14.4 Å². The Balaban J connectivity index is -0.00000112. The molecule has 1 unspecified atom stereocenters. The summed E-state index contributed by atoms with van der Waals surface area (Å²) in [5, 5.41) is 5.12. The van der Waals surface area contributed by atoms with Crippen LogP contribution in [0.1, 0.15) is 48.0 Å². The van der Waals surface area contributed by atoms with Gasteiger partial charge in [0.25, 0.3) is 0 Å². The smallest absolute Gasteiger partial charge is 0.239 e. The van der Waals surface area contributed by atoms with Crippen molar-refractivity contribution in [2.75, 3.05) is 6.54 Å². The van der Waals surface area contributed by atoms with Crippen molar-refractivity contribution in [2.24, 2.45) is 5.73 Å². The first-order chi connectivity index (χ1) is 7.43. The summed E-state index contributed by atoms with van der Waals surface area (Å²) < 4.78 is 0. The van der Waals surface area contributed by atoms with Gasteiger partial charge in [-0.15, -0.1) is 0 Å². The second-order valence-electron chi connectivity index (χ2n) is 3.63. The van der Waals surface area contributed by atoms with E-state index in [9.17, 15) is 14.4 Å². The highest BCUT2D eigenvalue weighted by Crippen LogP contribution is 2.00. The normalized spacial score (nSPS) is 10.3. The van der Waals surface area contributed by atoms with Gasteiger partial charge in [-0.1, -0.05) is 14.9 Å². The Kier molecular flexibility index (Phi) is 14.3. The summed E-state index contributed by atoms with van der Waals surface area (Å²) >= 11 is 0. The maximum atomic E-state index is 10.9. The van der Waals surface area contributed by atoms with E-state index >= 15 is 0 Å². The molecule has 4 N–H and O–H groups in total. The van der Waals surface area contributed by atoms with Gasteiger partial charge in [0.05, 0.1) is 0 Å². The topological polar surface area (TPSA) is 101 Å². The predicted octanol–water partition coefficient (Wildman–Crippen LogP) is 0.555. The van der Waals surface area contributed by atoms with Crippen LogP contribution in [0.25, 0.3) is 0 Å². The summed E-state index contributed by atoms with van der Waals surface area (Å²) in [7, 11) is 0. The van der Waals surface area contributed by atoms with Gasteiger partial charge in [-0.3, -0.25) is 14.4 Å². The monoisotopic (exact) mass is 261 g/mol. The molecule has 6 heteroatoms. The van der Waals surface area contributed by atoms with E-state index in [-0.39, 0.29) is 26.7 Å². The fourth-order valence-corrected chi connectivity index (χ4v) is 1.27. The molecule has 0 saturated carbocycles. The molecule has 3 amide bonds. The van der Waals surface area contributed by atoms with Crippen molar-refractivity contribution in [2.45, 2.75) is 54.0 Å². The first-order valence-electron chi connectivity index (χ1n) is 5.24. The van der Waals surface area contributed by atoms with Crippen molar-refractivity contribution in [3.63, 3.8) is 0 Å². The van der Waals surface area contributed by atoms with Gasteiger partial charge in [-0.2, -0.15) is 0 Å². The minimum absolute atomic E-state index is 0. The Hall–Kier alpha value is -1.59. The summed E-state index contributed by atoms with van der Waals surface area (Å²) in [6, 6.07) is -0.616. The second-order valence-corrected chi connectivity index (χ2v) is 3.63. The van der Waals surface area contributed by atoms with Gasteiger partial charge in [0.1, 0.15) is 6.04 Å². The first kappa shape index (κ1) is 21.7. The van der Waals surface area contributed by atoms with Crippen LogP contribution in [0.15, 0.2) is 0 Å². The highest BCUT2D eigenvalue weighted by molar-refractivity contribution is 5.85. The van der Waals surface area contributed by atoms with Crippen LogP contribution in [0.2, 0.25) is 0 Å². The number of amides is 3. The molecule has 0 aliphatic heterocycles. The molecule has 1 atom stereocenters. The number of carbonyl (C=O) groups is 3. The number of hydrogen-bond acceptors (Lipinski definition) is 3. The van der Waals surface area contributed by atoms with E-state index in [1.54, 1.807) is 0 Å². The molecule has 0 saturated heterocycles. The fourth-order valence-electron chi connectivity index (χ4n) is 1.27. The third-order valence-electron chi connectivity index (χ3n) is 2.01. The van der Waals surface area contributed by atoms with Gasteiger partial charge in [0, 0.05) is 20.4 Å². The average molecular weight is 261 g/mol. The molecular weight excluding hydrogens is 234 g/mol. The maximum absolute atomic E-state index is 10.9. The van der Waals surface area contributed by atoms with E-state index in [0.29, 0.717) is 19.4 Å². The lowest BCUT2D eigenvalue weighted by atomic mass is 10.1. The third kappa shape index (κ3) is 12.5. The molecule has 0 rings (SSSR count). The number of carbonyl (C=O) groups excluding carboxylic acids is 3. The summed E-state index contributed by atoms with van der Waals surface area (Å²) in [4.78, 5) is 32.3. The first-order valence-corrected chi connectivity index (χ1v) is 5.24. The fraction of sp³-hybridized carbons (Fsp3) is 0.750. The van der Waals surface area contributed by atoms with Crippen LogP contribution in [0, 0.1) is 0 Å². The molecule has 18 heavy (non-hydrogen) atoms. The largest absolute Gasteiger partial charge is 0.368 e. The van der Waals surface area contributed by atoms with Gasteiger partial charge in [0.2, 0.25) is 17.7 Å². The lowest BCUT2D eigenvalue weighted by molar-refractivity contribution is -0.126. The molecule has 6 nitrogen and oxygen atoms in total. The van der Waals surface area contributed by atoms with E-state index in [2.05, 4.69) is 10.6 Å². The van der Waals surface area contributed by atoms with Crippen molar-refractivity contribution in [3.8, 4) is 0 Å². The zero-order chi connectivity index (χ0) is 12.6. The van der Waals surface area contributed by atoms with Gasteiger partial charge in [-0.25, -0.2) is 0 Å². The Morgan fingerprint density at radius 3 is 2.00 bits per heavy atom. The van der Waals surface area contributed by atoms with Crippen LogP contribution >= 0.6 is 0 Å². The molecule has 0 aromatic heterocycles. The summed E-state index contributed by atoms with van der Waals surface area (Å²) in [6.07, 6.45) is 1.96. The van der Waals surface area contributed by atoms with Gasteiger partial charge in [0.15, 0.2) is 0 Å². The SMILES string of the molecule is C.C.CC(=O)NCCCCC(NC(C)=O)C(N)=O. The molecule has 0 aliphatic carbocycles. The Morgan fingerprint density at radius 1 is 1.06 bits per heavy atom. The molecule has 108 valence electrons. The third-order valence-corrected chi connectivity index (χ3v) is 2.01. The highest BCUT2D eigenvalue weighted by atomic mass is 16.2. The van der Waals surface area contributed by atoms with Crippen LogP contribution in [-0.4, -0.2) is 30.3 Å². The van der Waals surface area contributed by atoms with Crippen molar-refractivity contribution in [1.82, 2.24) is 10.6 Å². The molecule has 0 spiro atoms. The van der Waals surface area contributed by atoms with Gasteiger partial charge in [-0.05, 0) is 19.3 Å². The number of rotatable bonds is 7. The zero-order valence-corrected chi connectivity index (χ0v) is 9.71. The molecule has 0 fully saturated rings. The Labute approximate surface area is 110 Å². The summed E-state index contributed by atoms with van der Waals surface area (Å²) in [5.41, 5.74) is 5.12. The Morgan fingerprint density at radius 2 is 1.61 bits per heavy atom. The predicted molar refractivity (Wildman–Crippen MR) is 72.8 cm³/mol. The van der Waals surface area contributed by atoms with E-state index in [1.807, 2.05) is 0 Å². The number of unbranched alkanes of at least 4 members (excludes halogenated alkanes) is 1. The lowest BCUT2D eigenvalue weighted by Crippen LogP contribution is -2.43. The van der Waals surface area contributed by atoms with Crippen LogP contribution in [-0.2, 0) is 14.4 Å². The van der Waals surface area contributed by atoms with Crippen LogP contribution in [0.5, 0.6) is 0 Å². The number of primary amides is 1. The molecule has 0 aromatic carbocycles. The standard InChI is InChI=1S/C10H19N3O3.2CH4/c1-7(14)12-6-4-3-5-9(10(11)16)13-8(2)15;;/h9H,3-6H2,1-2H3,(H2,11,16)(H,12,14)(H,13,15);2*1H4. The highest BCUT2D eigenvalue weighted by Gasteiger charge is 2.15. The number of nitrogens with one attached hydrogen (secondary N) is 2.